The number of nitrogens with zero attached hydrogens (tertiary/aromatic N) is 3. The fourth-order valence-corrected chi connectivity index (χ4v) is 2.49. The highest BCUT2D eigenvalue weighted by molar-refractivity contribution is 9.10. The van der Waals surface area contributed by atoms with Gasteiger partial charge in [-0.1, -0.05) is 20.8 Å². The van der Waals surface area contributed by atoms with Gasteiger partial charge < -0.3 is 4.57 Å². The number of hydrogen-bond donors (Lipinski definition) is 0. The second-order valence-electron chi connectivity index (χ2n) is 5.69. The van der Waals surface area contributed by atoms with Crippen molar-refractivity contribution < 1.29 is 0 Å². The summed E-state index contributed by atoms with van der Waals surface area (Å²) in [5.41, 5.74) is 2.00. The SMILES string of the molecule is CCC(C)(C)Cn1c(C(C)Cl)nc2cc(Br)cnc21. The third kappa shape index (κ3) is 3.11. The van der Waals surface area contributed by atoms with Gasteiger partial charge in [-0.25, -0.2) is 9.97 Å². The average molecular weight is 345 g/mol. The predicted molar refractivity (Wildman–Crippen MR) is 83.6 cm³/mol. The van der Waals surface area contributed by atoms with Gasteiger partial charge in [-0.3, -0.25) is 0 Å². The molecule has 1 atom stereocenters. The minimum atomic E-state index is -0.124. The van der Waals surface area contributed by atoms with Crippen molar-refractivity contribution >= 4 is 38.7 Å². The fourth-order valence-electron chi connectivity index (χ4n) is 2.00. The average Bonchev–Trinajstić information content (AvgIpc) is 2.67. The zero-order valence-electron chi connectivity index (χ0n) is 11.7. The van der Waals surface area contributed by atoms with Gasteiger partial charge in [0, 0.05) is 17.2 Å². The third-order valence-electron chi connectivity index (χ3n) is 3.48. The Balaban J connectivity index is 2.59. The topological polar surface area (TPSA) is 30.7 Å². The van der Waals surface area contributed by atoms with Crippen molar-refractivity contribution in [2.45, 2.75) is 46.0 Å². The van der Waals surface area contributed by atoms with Crippen molar-refractivity contribution in [3.8, 4) is 0 Å². The number of halogens is 2. The maximum absolute atomic E-state index is 6.27. The zero-order chi connectivity index (χ0) is 14.2. The molecule has 2 heterocycles. The summed E-state index contributed by atoms with van der Waals surface area (Å²) in [7, 11) is 0. The summed E-state index contributed by atoms with van der Waals surface area (Å²) in [5, 5.41) is -0.124. The van der Waals surface area contributed by atoms with Crippen LogP contribution in [0.1, 0.15) is 45.3 Å². The van der Waals surface area contributed by atoms with Gasteiger partial charge in [-0.2, -0.15) is 0 Å². The van der Waals surface area contributed by atoms with E-state index in [0.29, 0.717) is 0 Å². The standard InChI is InChI=1S/C14H19BrClN3/c1-5-14(3,4)8-19-12(9(2)16)18-11-6-10(15)7-17-13(11)19/h6-7,9H,5,8H2,1-4H3. The van der Waals surface area contributed by atoms with Crippen molar-refractivity contribution in [1.82, 2.24) is 14.5 Å². The van der Waals surface area contributed by atoms with Crippen LogP contribution in [0.2, 0.25) is 0 Å². The van der Waals surface area contributed by atoms with Crippen molar-refractivity contribution in [1.29, 1.82) is 0 Å². The van der Waals surface area contributed by atoms with Crippen LogP contribution in [0.25, 0.3) is 11.2 Å². The Morgan fingerprint density at radius 1 is 1.47 bits per heavy atom. The van der Waals surface area contributed by atoms with Crippen molar-refractivity contribution in [2.24, 2.45) is 5.41 Å². The maximum atomic E-state index is 6.27. The second-order valence-corrected chi connectivity index (χ2v) is 7.26. The van der Waals surface area contributed by atoms with Crippen LogP contribution in [-0.4, -0.2) is 14.5 Å². The van der Waals surface area contributed by atoms with Crippen LogP contribution < -0.4 is 0 Å². The monoisotopic (exact) mass is 343 g/mol. The first kappa shape index (κ1) is 14.8. The summed E-state index contributed by atoms with van der Waals surface area (Å²) in [6, 6.07) is 1.99. The minimum absolute atomic E-state index is 0.124. The minimum Gasteiger partial charge on any atom is -0.311 e. The maximum Gasteiger partial charge on any atom is 0.160 e. The summed E-state index contributed by atoms with van der Waals surface area (Å²) in [6.45, 7) is 9.53. The van der Waals surface area contributed by atoms with E-state index in [9.17, 15) is 0 Å². The molecule has 0 aromatic carbocycles. The normalized spacial score (nSPS) is 14.0. The zero-order valence-corrected chi connectivity index (χ0v) is 14.1. The van der Waals surface area contributed by atoms with Gasteiger partial charge in [0.1, 0.15) is 11.3 Å². The van der Waals surface area contributed by atoms with Crippen LogP contribution in [0.4, 0.5) is 0 Å². The van der Waals surface area contributed by atoms with Crippen molar-refractivity contribution in [3.63, 3.8) is 0 Å². The van der Waals surface area contributed by atoms with Crippen LogP contribution in [0.3, 0.4) is 0 Å². The lowest BCUT2D eigenvalue weighted by molar-refractivity contribution is 0.293. The molecule has 5 heteroatoms. The summed E-state index contributed by atoms with van der Waals surface area (Å²) >= 11 is 9.70. The van der Waals surface area contributed by atoms with E-state index in [0.717, 1.165) is 34.4 Å². The molecule has 2 rings (SSSR count). The van der Waals surface area contributed by atoms with Gasteiger partial charge in [-0.15, -0.1) is 11.6 Å². The molecule has 0 saturated carbocycles. The van der Waals surface area contributed by atoms with Crippen molar-refractivity contribution in [2.75, 3.05) is 0 Å². The molecule has 0 aliphatic heterocycles. The summed E-state index contributed by atoms with van der Waals surface area (Å²) in [5.74, 6) is 0.892. The third-order valence-corrected chi connectivity index (χ3v) is 4.11. The van der Waals surface area contributed by atoms with Crippen LogP contribution in [0.15, 0.2) is 16.7 Å². The Labute approximate surface area is 127 Å². The lowest BCUT2D eigenvalue weighted by atomic mass is 9.90. The molecule has 19 heavy (non-hydrogen) atoms. The second kappa shape index (κ2) is 5.41. The fraction of sp³-hybridized carbons (Fsp3) is 0.571. The number of aromatic nitrogens is 3. The Morgan fingerprint density at radius 3 is 2.74 bits per heavy atom. The number of pyridine rings is 1. The molecule has 0 amide bonds. The van der Waals surface area contributed by atoms with Gasteiger partial charge in [0.05, 0.1) is 5.38 Å². The lowest BCUT2D eigenvalue weighted by Gasteiger charge is -2.24. The Hall–Kier alpha value is -0.610. The summed E-state index contributed by atoms with van der Waals surface area (Å²) in [4.78, 5) is 9.13. The van der Waals surface area contributed by atoms with E-state index in [1.54, 1.807) is 0 Å². The van der Waals surface area contributed by atoms with Crippen LogP contribution in [0, 0.1) is 5.41 Å². The number of hydrogen-bond acceptors (Lipinski definition) is 2. The van der Waals surface area contributed by atoms with E-state index in [-0.39, 0.29) is 10.8 Å². The van der Waals surface area contributed by atoms with Gasteiger partial charge >= 0.3 is 0 Å². The van der Waals surface area contributed by atoms with E-state index in [1.807, 2.05) is 19.2 Å². The van der Waals surface area contributed by atoms with Crippen LogP contribution >= 0.6 is 27.5 Å². The van der Waals surface area contributed by atoms with E-state index in [2.05, 4.69) is 51.2 Å². The molecule has 0 N–H and O–H groups in total. The quantitative estimate of drug-likeness (QED) is 0.736. The highest BCUT2D eigenvalue weighted by atomic mass is 79.9. The molecule has 0 fully saturated rings. The summed E-state index contributed by atoms with van der Waals surface area (Å²) < 4.78 is 3.09. The van der Waals surface area contributed by atoms with Gasteiger partial charge in [-0.05, 0) is 40.8 Å². The van der Waals surface area contributed by atoms with Crippen LogP contribution in [-0.2, 0) is 6.54 Å². The van der Waals surface area contributed by atoms with Crippen LogP contribution in [0.5, 0.6) is 0 Å². The number of rotatable bonds is 4. The summed E-state index contributed by atoms with van der Waals surface area (Å²) in [6.07, 6.45) is 2.90. The first-order chi connectivity index (χ1) is 8.84. The van der Waals surface area contributed by atoms with Gasteiger partial charge in [0.15, 0.2) is 5.65 Å². The van der Waals surface area contributed by atoms with Gasteiger partial charge in [0.25, 0.3) is 0 Å². The first-order valence-corrected chi connectivity index (χ1v) is 7.73. The molecule has 0 radical (unpaired) electrons. The molecule has 104 valence electrons. The molecule has 0 aliphatic carbocycles. The number of fused-ring (bicyclic) bond motifs is 1. The molecule has 0 saturated heterocycles. The highest BCUT2D eigenvalue weighted by Gasteiger charge is 2.22. The molecule has 0 bridgehead atoms. The van der Waals surface area contributed by atoms with E-state index in [4.69, 9.17) is 11.6 Å². The molecule has 1 unspecified atom stereocenters. The largest absolute Gasteiger partial charge is 0.311 e. The Kier molecular flexibility index (Phi) is 4.21. The highest BCUT2D eigenvalue weighted by Crippen LogP contribution is 2.30. The molecular formula is C14H19BrClN3. The lowest BCUT2D eigenvalue weighted by Crippen LogP contribution is -2.20. The number of imidazole rings is 1. The first-order valence-electron chi connectivity index (χ1n) is 6.50. The molecule has 2 aromatic rings. The van der Waals surface area contributed by atoms with E-state index < -0.39 is 0 Å². The molecule has 3 nitrogen and oxygen atoms in total. The number of alkyl halides is 1. The Morgan fingerprint density at radius 2 is 2.16 bits per heavy atom. The molecule has 2 aromatic heterocycles. The van der Waals surface area contributed by atoms with E-state index >= 15 is 0 Å². The molecular weight excluding hydrogens is 326 g/mol. The van der Waals surface area contributed by atoms with E-state index in [1.165, 1.54) is 0 Å². The molecule has 0 spiro atoms. The van der Waals surface area contributed by atoms with Gasteiger partial charge in [0.2, 0.25) is 0 Å². The predicted octanol–water partition coefficient (Wildman–Crippen LogP) is 4.93. The van der Waals surface area contributed by atoms with Crippen molar-refractivity contribution in [3.05, 3.63) is 22.6 Å². The smallest absolute Gasteiger partial charge is 0.160 e. The molecule has 0 aliphatic rings. The Bertz CT molecular complexity index is 590.